The Morgan fingerprint density at radius 2 is 1.72 bits per heavy atom. The molecule has 0 spiro atoms. The van der Waals surface area contributed by atoms with Gasteiger partial charge in [-0.1, -0.05) is 60.7 Å². The topological polar surface area (TPSA) is 98.3 Å². The van der Waals surface area contributed by atoms with Crippen LogP contribution in [-0.2, 0) is 22.7 Å². The second-order valence-electron chi connectivity index (χ2n) is 7.39. The van der Waals surface area contributed by atoms with Gasteiger partial charge in [0.05, 0.1) is 11.8 Å². The van der Waals surface area contributed by atoms with Gasteiger partial charge in [-0.15, -0.1) is 11.3 Å². The Hall–Kier alpha value is -3.78. The summed E-state index contributed by atoms with van der Waals surface area (Å²) in [6, 6.07) is 21.1. The molecular formula is C24H22N4O3S. The molecular weight excluding hydrogens is 424 g/mol. The van der Waals surface area contributed by atoms with E-state index in [0.29, 0.717) is 16.8 Å². The summed E-state index contributed by atoms with van der Waals surface area (Å²) in [7, 11) is 0. The van der Waals surface area contributed by atoms with Crippen LogP contribution in [-0.4, -0.2) is 32.8 Å². The van der Waals surface area contributed by atoms with E-state index in [9.17, 15) is 14.4 Å². The average Bonchev–Trinajstić information content (AvgIpc) is 3.25. The summed E-state index contributed by atoms with van der Waals surface area (Å²) in [4.78, 5) is 44.2. The van der Waals surface area contributed by atoms with Crippen LogP contribution in [0.4, 0.5) is 0 Å². The number of carbonyl (C=O) groups is 2. The molecule has 32 heavy (non-hydrogen) atoms. The molecule has 162 valence electrons. The molecule has 0 aliphatic heterocycles. The zero-order chi connectivity index (χ0) is 22.5. The lowest BCUT2D eigenvalue weighted by Crippen LogP contribution is -2.38. The van der Waals surface area contributed by atoms with Crippen molar-refractivity contribution in [1.82, 2.24) is 14.5 Å². The number of nitrogens with zero attached hydrogens (tertiary/aromatic N) is 3. The van der Waals surface area contributed by atoms with Crippen LogP contribution in [0.3, 0.4) is 0 Å². The Bertz CT molecular complexity index is 1300. The molecule has 2 aromatic carbocycles. The van der Waals surface area contributed by atoms with Crippen molar-refractivity contribution < 1.29 is 9.59 Å². The largest absolute Gasteiger partial charge is 0.370 e. The van der Waals surface area contributed by atoms with E-state index >= 15 is 0 Å². The van der Waals surface area contributed by atoms with Crippen molar-refractivity contribution in [2.24, 2.45) is 5.73 Å². The van der Waals surface area contributed by atoms with E-state index in [1.807, 2.05) is 66.7 Å². The third-order valence-corrected chi connectivity index (χ3v) is 6.23. The van der Waals surface area contributed by atoms with Gasteiger partial charge in [0, 0.05) is 24.4 Å². The fourth-order valence-electron chi connectivity index (χ4n) is 3.39. The van der Waals surface area contributed by atoms with Crippen molar-refractivity contribution in [3.63, 3.8) is 0 Å². The lowest BCUT2D eigenvalue weighted by molar-refractivity contribution is -0.133. The number of amides is 2. The number of benzene rings is 2. The quantitative estimate of drug-likeness (QED) is 0.450. The number of hydrogen-bond acceptors (Lipinski definition) is 5. The van der Waals surface area contributed by atoms with Crippen LogP contribution in [0.15, 0.2) is 77.9 Å². The monoisotopic (exact) mass is 446 g/mol. The minimum atomic E-state index is -0.483. The number of nitrogens with two attached hydrogens (primary N) is 1. The van der Waals surface area contributed by atoms with Crippen LogP contribution in [0.2, 0.25) is 0 Å². The number of carbonyl (C=O) groups excluding carboxylic acids is 2. The van der Waals surface area contributed by atoms with Gasteiger partial charge in [-0.2, -0.15) is 0 Å². The van der Waals surface area contributed by atoms with E-state index in [1.54, 1.807) is 4.90 Å². The first-order valence-corrected chi connectivity index (χ1v) is 11.0. The van der Waals surface area contributed by atoms with Gasteiger partial charge in [0.25, 0.3) is 5.56 Å². The van der Waals surface area contributed by atoms with Gasteiger partial charge in [0.15, 0.2) is 0 Å². The van der Waals surface area contributed by atoms with E-state index in [4.69, 9.17) is 5.73 Å². The molecule has 4 rings (SSSR count). The number of rotatable bonds is 8. The van der Waals surface area contributed by atoms with Gasteiger partial charge in [-0.05, 0) is 17.2 Å². The standard InChI is InChI=1S/C24H22N4O3S/c25-21(29)11-12-27(14-17-7-3-1-4-8-17)22(30)15-28-16-26-19-13-20(32-23(19)24(28)31)18-9-5-2-6-10-18/h1-10,13,16H,11-12,14-15H2,(H2,25,29). The maximum atomic E-state index is 13.0. The Labute approximate surface area is 188 Å². The number of hydrogen-bond donors (Lipinski definition) is 1. The molecule has 0 unspecified atom stereocenters. The molecule has 8 heteroatoms. The summed E-state index contributed by atoms with van der Waals surface area (Å²) in [5.74, 6) is -0.763. The zero-order valence-corrected chi connectivity index (χ0v) is 18.1. The lowest BCUT2D eigenvalue weighted by atomic mass is 10.2. The van der Waals surface area contributed by atoms with Gasteiger partial charge in [0.2, 0.25) is 11.8 Å². The van der Waals surface area contributed by atoms with Crippen LogP contribution in [0, 0.1) is 0 Å². The summed E-state index contributed by atoms with van der Waals surface area (Å²) >= 11 is 1.36. The molecule has 2 amide bonds. The molecule has 0 aliphatic carbocycles. The van der Waals surface area contributed by atoms with Crippen molar-refractivity contribution in [2.45, 2.75) is 19.5 Å². The SMILES string of the molecule is NC(=O)CCN(Cc1ccccc1)C(=O)Cn1cnc2cc(-c3ccccc3)sc2c1=O. The first-order chi connectivity index (χ1) is 15.5. The van der Waals surface area contributed by atoms with Crippen LogP contribution < -0.4 is 11.3 Å². The van der Waals surface area contributed by atoms with Crippen LogP contribution in [0.1, 0.15) is 12.0 Å². The van der Waals surface area contributed by atoms with E-state index in [1.165, 1.54) is 22.2 Å². The fraction of sp³-hybridized carbons (Fsp3) is 0.167. The normalized spacial score (nSPS) is 10.9. The van der Waals surface area contributed by atoms with Gasteiger partial charge >= 0.3 is 0 Å². The number of primary amides is 1. The molecule has 0 saturated carbocycles. The van der Waals surface area contributed by atoms with Crippen molar-refractivity contribution in [3.05, 3.63) is 89.0 Å². The van der Waals surface area contributed by atoms with Crippen LogP contribution in [0.25, 0.3) is 20.7 Å². The molecule has 0 atom stereocenters. The molecule has 2 aromatic heterocycles. The molecule has 0 saturated heterocycles. The average molecular weight is 447 g/mol. The van der Waals surface area contributed by atoms with E-state index in [-0.39, 0.29) is 31.0 Å². The fourth-order valence-corrected chi connectivity index (χ4v) is 4.45. The lowest BCUT2D eigenvalue weighted by Gasteiger charge is -2.22. The Morgan fingerprint density at radius 1 is 1.03 bits per heavy atom. The highest BCUT2D eigenvalue weighted by Gasteiger charge is 2.18. The van der Waals surface area contributed by atoms with Crippen molar-refractivity contribution in [3.8, 4) is 10.4 Å². The summed E-state index contributed by atoms with van der Waals surface area (Å²) < 4.78 is 1.82. The molecule has 0 aliphatic rings. The van der Waals surface area contributed by atoms with Gasteiger partial charge in [0.1, 0.15) is 11.2 Å². The van der Waals surface area contributed by atoms with Crippen LogP contribution >= 0.6 is 11.3 Å². The molecule has 4 aromatic rings. The maximum absolute atomic E-state index is 13.0. The summed E-state index contributed by atoms with van der Waals surface area (Å²) in [5.41, 5.74) is 7.57. The third kappa shape index (κ3) is 4.92. The second kappa shape index (κ2) is 9.57. The molecule has 2 heterocycles. The molecule has 0 fully saturated rings. The minimum Gasteiger partial charge on any atom is -0.370 e. The second-order valence-corrected chi connectivity index (χ2v) is 8.44. The Morgan fingerprint density at radius 3 is 2.41 bits per heavy atom. The highest BCUT2D eigenvalue weighted by Crippen LogP contribution is 2.30. The molecule has 0 radical (unpaired) electrons. The summed E-state index contributed by atoms with van der Waals surface area (Å²) in [6.45, 7) is 0.352. The van der Waals surface area contributed by atoms with Crippen molar-refractivity contribution in [2.75, 3.05) is 6.54 Å². The number of aromatic nitrogens is 2. The molecule has 7 nitrogen and oxygen atoms in total. The summed E-state index contributed by atoms with van der Waals surface area (Å²) in [6.07, 6.45) is 1.45. The third-order valence-electron chi connectivity index (χ3n) is 5.06. The first-order valence-electron chi connectivity index (χ1n) is 10.2. The highest BCUT2D eigenvalue weighted by molar-refractivity contribution is 7.22. The minimum absolute atomic E-state index is 0.0517. The summed E-state index contributed by atoms with van der Waals surface area (Å²) in [5, 5.41) is 0. The smallest absolute Gasteiger partial charge is 0.271 e. The van der Waals surface area contributed by atoms with Crippen molar-refractivity contribution in [1.29, 1.82) is 0 Å². The maximum Gasteiger partial charge on any atom is 0.271 e. The van der Waals surface area contributed by atoms with Crippen LogP contribution in [0.5, 0.6) is 0 Å². The highest BCUT2D eigenvalue weighted by atomic mass is 32.1. The van der Waals surface area contributed by atoms with Gasteiger partial charge in [-0.25, -0.2) is 4.98 Å². The van der Waals surface area contributed by atoms with Gasteiger partial charge in [-0.3, -0.25) is 19.0 Å². The zero-order valence-electron chi connectivity index (χ0n) is 17.3. The van der Waals surface area contributed by atoms with Gasteiger partial charge < -0.3 is 10.6 Å². The number of thiophene rings is 1. The number of fused-ring (bicyclic) bond motifs is 1. The first kappa shape index (κ1) is 21.5. The molecule has 2 N–H and O–H groups in total. The van der Waals surface area contributed by atoms with E-state index in [2.05, 4.69) is 4.98 Å². The van der Waals surface area contributed by atoms with Crippen molar-refractivity contribution >= 4 is 33.4 Å². The van der Waals surface area contributed by atoms with E-state index < -0.39 is 5.91 Å². The van der Waals surface area contributed by atoms with E-state index in [0.717, 1.165) is 16.0 Å². The Balaban J connectivity index is 1.58. The molecule has 0 bridgehead atoms. The predicted molar refractivity (Wildman–Crippen MR) is 125 cm³/mol. The predicted octanol–water partition coefficient (Wildman–Crippen LogP) is 3.03. The Kier molecular flexibility index (Phi) is 6.42.